The van der Waals surface area contributed by atoms with Crippen LogP contribution in [-0.4, -0.2) is 29.3 Å². The van der Waals surface area contributed by atoms with Gasteiger partial charge in [-0.1, -0.05) is 104 Å². The van der Waals surface area contributed by atoms with Gasteiger partial charge in [0.25, 0.3) is 0 Å². The van der Waals surface area contributed by atoms with E-state index in [2.05, 4.69) is 5.32 Å². The zero-order valence-corrected chi connectivity index (χ0v) is 20.8. The van der Waals surface area contributed by atoms with E-state index in [4.69, 9.17) is 11.6 Å². The smallest absolute Gasteiger partial charge is 0.242 e. The van der Waals surface area contributed by atoms with Crippen LogP contribution in [0.2, 0.25) is 5.02 Å². The number of nitrogens with zero attached hydrogens (tertiary/aromatic N) is 1. The van der Waals surface area contributed by atoms with Crippen molar-refractivity contribution in [3.8, 4) is 0 Å². The van der Waals surface area contributed by atoms with Crippen molar-refractivity contribution in [2.45, 2.75) is 45.7 Å². The molecule has 1 N–H and O–H groups in total. The molecule has 0 radical (unpaired) electrons. The van der Waals surface area contributed by atoms with Crippen LogP contribution in [0.5, 0.6) is 0 Å². The normalized spacial score (nSPS) is 11.9. The van der Waals surface area contributed by atoms with E-state index in [0.29, 0.717) is 17.5 Å². The highest BCUT2D eigenvalue weighted by atomic mass is 35.5. The third-order valence-corrected chi connectivity index (χ3v) is 6.30. The fraction of sp³-hybridized carbons (Fsp3) is 0.310. The number of halogens is 1. The number of nitrogens with one attached hydrogen (secondary N) is 1. The third-order valence-electron chi connectivity index (χ3n) is 5.93. The number of amides is 2. The molecule has 4 nitrogen and oxygen atoms in total. The molecule has 0 spiro atoms. The molecule has 2 amide bonds. The Hall–Kier alpha value is -3.11. The predicted octanol–water partition coefficient (Wildman–Crippen LogP) is 6.05. The Bertz CT molecular complexity index is 1030. The molecule has 0 bridgehead atoms. The van der Waals surface area contributed by atoms with Gasteiger partial charge in [-0.15, -0.1) is 0 Å². The SMILES string of the molecule is CC(C)CNC(=O)C(C)N(Cc1ccccc1Cl)C(=O)CC(c1ccccc1)c1ccccc1. The molecule has 3 aromatic rings. The van der Waals surface area contributed by atoms with Crippen molar-refractivity contribution in [1.29, 1.82) is 0 Å². The highest BCUT2D eigenvalue weighted by Gasteiger charge is 2.29. The summed E-state index contributed by atoms with van der Waals surface area (Å²) in [6, 6.07) is 26.9. The molecule has 178 valence electrons. The molecular formula is C29H33ClN2O2. The molecule has 0 saturated carbocycles. The van der Waals surface area contributed by atoms with Crippen LogP contribution < -0.4 is 5.32 Å². The lowest BCUT2D eigenvalue weighted by Crippen LogP contribution is -2.48. The fourth-order valence-corrected chi connectivity index (χ4v) is 4.13. The van der Waals surface area contributed by atoms with E-state index < -0.39 is 6.04 Å². The summed E-state index contributed by atoms with van der Waals surface area (Å²) in [5, 5.41) is 3.55. The Labute approximate surface area is 207 Å². The molecule has 0 heterocycles. The molecule has 0 saturated heterocycles. The van der Waals surface area contributed by atoms with Crippen LogP contribution in [0.3, 0.4) is 0 Å². The molecule has 1 atom stereocenters. The standard InChI is InChI=1S/C29H33ClN2O2/c1-21(2)19-31-29(34)22(3)32(20-25-16-10-11-17-27(25)30)28(33)18-26(23-12-6-4-7-13-23)24-14-8-5-9-15-24/h4-17,21-22,26H,18-20H2,1-3H3,(H,31,34). The van der Waals surface area contributed by atoms with Gasteiger partial charge in [-0.25, -0.2) is 0 Å². The van der Waals surface area contributed by atoms with Crippen molar-refractivity contribution in [1.82, 2.24) is 10.2 Å². The van der Waals surface area contributed by atoms with E-state index in [0.717, 1.165) is 16.7 Å². The minimum Gasteiger partial charge on any atom is -0.354 e. The van der Waals surface area contributed by atoms with Gasteiger partial charge < -0.3 is 10.2 Å². The number of hydrogen-bond donors (Lipinski definition) is 1. The van der Waals surface area contributed by atoms with Gasteiger partial charge in [-0.05, 0) is 35.6 Å². The Morgan fingerprint density at radius 1 is 0.824 bits per heavy atom. The minimum atomic E-state index is -0.630. The Morgan fingerprint density at radius 3 is 1.88 bits per heavy atom. The number of carbonyl (C=O) groups is 2. The van der Waals surface area contributed by atoms with Crippen molar-refractivity contribution in [2.75, 3.05) is 6.54 Å². The Balaban J connectivity index is 1.90. The molecular weight excluding hydrogens is 444 g/mol. The summed E-state index contributed by atoms with van der Waals surface area (Å²) in [6.45, 7) is 6.70. The number of hydrogen-bond acceptors (Lipinski definition) is 2. The van der Waals surface area contributed by atoms with Gasteiger partial charge in [0.05, 0.1) is 0 Å². The Morgan fingerprint density at radius 2 is 1.35 bits per heavy atom. The van der Waals surface area contributed by atoms with E-state index in [1.165, 1.54) is 0 Å². The molecule has 5 heteroatoms. The lowest BCUT2D eigenvalue weighted by Gasteiger charge is -2.31. The van der Waals surface area contributed by atoms with Crippen LogP contribution in [0, 0.1) is 5.92 Å². The van der Waals surface area contributed by atoms with Crippen molar-refractivity contribution in [3.05, 3.63) is 107 Å². The first-order chi connectivity index (χ1) is 16.4. The molecule has 0 aliphatic rings. The van der Waals surface area contributed by atoms with Crippen LogP contribution >= 0.6 is 11.6 Å². The first-order valence-corrected chi connectivity index (χ1v) is 12.1. The summed E-state index contributed by atoms with van der Waals surface area (Å²) in [5.41, 5.74) is 2.95. The maximum absolute atomic E-state index is 13.8. The van der Waals surface area contributed by atoms with Crippen LogP contribution in [-0.2, 0) is 16.1 Å². The van der Waals surface area contributed by atoms with Gasteiger partial charge in [0.15, 0.2) is 0 Å². The lowest BCUT2D eigenvalue weighted by atomic mass is 9.88. The van der Waals surface area contributed by atoms with E-state index in [-0.39, 0.29) is 30.7 Å². The van der Waals surface area contributed by atoms with Crippen molar-refractivity contribution < 1.29 is 9.59 Å². The van der Waals surface area contributed by atoms with Crippen molar-refractivity contribution in [2.24, 2.45) is 5.92 Å². The first kappa shape index (κ1) is 25.5. The molecule has 34 heavy (non-hydrogen) atoms. The zero-order chi connectivity index (χ0) is 24.5. The van der Waals surface area contributed by atoms with Crippen molar-refractivity contribution in [3.63, 3.8) is 0 Å². The van der Waals surface area contributed by atoms with E-state index in [9.17, 15) is 9.59 Å². The summed E-state index contributed by atoms with van der Waals surface area (Å²) in [7, 11) is 0. The van der Waals surface area contributed by atoms with E-state index in [1.807, 2.05) is 92.7 Å². The summed E-state index contributed by atoms with van der Waals surface area (Å²) in [4.78, 5) is 28.4. The number of benzene rings is 3. The molecule has 0 fully saturated rings. The summed E-state index contributed by atoms with van der Waals surface area (Å²) >= 11 is 6.42. The second-order valence-electron chi connectivity index (χ2n) is 9.01. The summed E-state index contributed by atoms with van der Waals surface area (Å²) < 4.78 is 0. The van der Waals surface area contributed by atoms with Gasteiger partial charge in [-0.2, -0.15) is 0 Å². The maximum atomic E-state index is 13.8. The average molecular weight is 477 g/mol. The van der Waals surface area contributed by atoms with Crippen LogP contribution in [0.1, 0.15) is 49.8 Å². The summed E-state index contributed by atoms with van der Waals surface area (Å²) in [5.74, 6) is -0.0473. The predicted molar refractivity (Wildman–Crippen MR) is 139 cm³/mol. The van der Waals surface area contributed by atoms with E-state index >= 15 is 0 Å². The second-order valence-corrected chi connectivity index (χ2v) is 9.41. The third kappa shape index (κ3) is 6.94. The van der Waals surface area contributed by atoms with E-state index in [1.54, 1.807) is 17.9 Å². The van der Waals surface area contributed by atoms with Gasteiger partial charge in [0, 0.05) is 30.5 Å². The van der Waals surface area contributed by atoms with Gasteiger partial charge in [0.2, 0.25) is 11.8 Å². The molecule has 0 aliphatic heterocycles. The zero-order valence-electron chi connectivity index (χ0n) is 20.1. The quantitative estimate of drug-likeness (QED) is 0.387. The molecule has 0 aliphatic carbocycles. The fourth-order valence-electron chi connectivity index (χ4n) is 3.94. The lowest BCUT2D eigenvalue weighted by molar-refractivity contribution is -0.140. The molecule has 0 aromatic heterocycles. The summed E-state index contributed by atoms with van der Waals surface area (Å²) in [6.07, 6.45) is 0.250. The molecule has 3 rings (SSSR count). The Kier molecular flexibility index (Phi) is 9.29. The maximum Gasteiger partial charge on any atom is 0.242 e. The van der Waals surface area contributed by atoms with Crippen LogP contribution in [0.15, 0.2) is 84.9 Å². The topological polar surface area (TPSA) is 49.4 Å². The van der Waals surface area contributed by atoms with Gasteiger partial charge >= 0.3 is 0 Å². The van der Waals surface area contributed by atoms with Gasteiger partial charge in [0.1, 0.15) is 6.04 Å². The molecule has 3 aromatic carbocycles. The average Bonchev–Trinajstić information content (AvgIpc) is 2.85. The minimum absolute atomic E-state index is 0.0928. The van der Waals surface area contributed by atoms with Gasteiger partial charge in [-0.3, -0.25) is 9.59 Å². The van der Waals surface area contributed by atoms with Crippen LogP contribution in [0.4, 0.5) is 0 Å². The second kappa shape index (κ2) is 12.4. The first-order valence-electron chi connectivity index (χ1n) is 11.8. The largest absolute Gasteiger partial charge is 0.354 e. The highest BCUT2D eigenvalue weighted by molar-refractivity contribution is 6.31. The highest BCUT2D eigenvalue weighted by Crippen LogP contribution is 2.30. The van der Waals surface area contributed by atoms with Crippen LogP contribution in [0.25, 0.3) is 0 Å². The molecule has 1 unspecified atom stereocenters. The number of rotatable bonds is 10. The number of carbonyl (C=O) groups excluding carboxylic acids is 2. The monoisotopic (exact) mass is 476 g/mol. The van der Waals surface area contributed by atoms with Crippen molar-refractivity contribution >= 4 is 23.4 Å².